The molecule has 3 N–H and O–H groups in total. The summed E-state index contributed by atoms with van der Waals surface area (Å²) in [6, 6.07) is 7.53. The molecule has 17 heavy (non-hydrogen) atoms. The summed E-state index contributed by atoms with van der Waals surface area (Å²) >= 11 is 0. The Kier molecular flexibility index (Phi) is 5.31. The largest absolute Gasteiger partial charge is 0.399 e. The van der Waals surface area contributed by atoms with Gasteiger partial charge in [-0.15, -0.1) is 0 Å². The van der Waals surface area contributed by atoms with E-state index in [0.717, 1.165) is 31.5 Å². The van der Waals surface area contributed by atoms with Gasteiger partial charge in [0.15, 0.2) is 0 Å². The number of aliphatic hydroxyl groups is 1. The predicted molar refractivity (Wildman–Crippen MR) is 69.8 cm³/mol. The maximum atomic E-state index is 9.04. The van der Waals surface area contributed by atoms with Crippen LogP contribution in [0.15, 0.2) is 18.2 Å². The van der Waals surface area contributed by atoms with Crippen LogP contribution in [0.25, 0.3) is 0 Å². The lowest BCUT2D eigenvalue weighted by molar-refractivity contribution is 0.283. The summed E-state index contributed by atoms with van der Waals surface area (Å²) in [7, 11) is 1.96. The second-order valence-corrected chi connectivity index (χ2v) is 4.09. The molecule has 1 rings (SSSR count). The van der Waals surface area contributed by atoms with E-state index < -0.39 is 0 Å². The van der Waals surface area contributed by atoms with Gasteiger partial charge in [0, 0.05) is 25.9 Å². The van der Waals surface area contributed by atoms with Crippen LogP contribution in [0.1, 0.15) is 24.8 Å². The van der Waals surface area contributed by atoms with E-state index in [2.05, 4.69) is 11.0 Å². The third-order valence-corrected chi connectivity index (χ3v) is 2.70. The summed E-state index contributed by atoms with van der Waals surface area (Å²) in [6.45, 7) is 1.12. The van der Waals surface area contributed by atoms with Crippen molar-refractivity contribution in [1.29, 1.82) is 5.26 Å². The number of aliphatic hydroxyl groups excluding tert-OH is 1. The SMILES string of the molecule is CN(CCCCCO)c1ccc(N)cc1C#N. The van der Waals surface area contributed by atoms with E-state index >= 15 is 0 Å². The van der Waals surface area contributed by atoms with E-state index in [9.17, 15) is 0 Å². The van der Waals surface area contributed by atoms with E-state index in [1.807, 2.05) is 13.1 Å². The number of hydrogen-bond donors (Lipinski definition) is 2. The van der Waals surface area contributed by atoms with Crippen molar-refractivity contribution in [2.45, 2.75) is 19.3 Å². The summed E-state index contributed by atoms with van der Waals surface area (Å²) in [5, 5.41) is 17.7. The Morgan fingerprint density at radius 3 is 2.76 bits per heavy atom. The van der Waals surface area contributed by atoms with Crippen LogP contribution in [-0.2, 0) is 0 Å². The van der Waals surface area contributed by atoms with Gasteiger partial charge in [0.25, 0.3) is 0 Å². The van der Waals surface area contributed by atoms with Crippen LogP contribution in [0.4, 0.5) is 11.4 Å². The number of nitrogens with zero attached hydrogens (tertiary/aromatic N) is 2. The zero-order valence-corrected chi connectivity index (χ0v) is 10.2. The third-order valence-electron chi connectivity index (χ3n) is 2.70. The first-order chi connectivity index (χ1) is 8.19. The molecule has 1 aromatic rings. The number of nitrogens with two attached hydrogens (primary N) is 1. The number of hydrogen-bond acceptors (Lipinski definition) is 4. The molecule has 0 spiro atoms. The maximum absolute atomic E-state index is 9.04. The van der Waals surface area contributed by atoms with Gasteiger partial charge in [-0.25, -0.2) is 0 Å². The van der Waals surface area contributed by atoms with Crippen LogP contribution >= 0.6 is 0 Å². The van der Waals surface area contributed by atoms with Crippen molar-refractivity contribution in [2.24, 2.45) is 0 Å². The van der Waals surface area contributed by atoms with E-state index in [0.29, 0.717) is 11.3 Å². The summed E-state index contributed by atoms with van der Waals surface area (Å²) < 4.78 is 0. The lowest BCUT2D eigenvalue weighted by Gasteiger charge is -2.20. The molecule has 0 saturated heterocycles. The lowest BCUT2D eigenvalue weighted by atomic mass is 10.1. The van der Waals surface area contributed by atoms with Crippen molar-refractivity contribution in [3.05, 3.63) is 23.8 Å². The minimum atomic E-state index is 0.245. The number of nitrogen functional groups attached to an aromatic ring is 1. The Labute approximate surface area is 102 Å². The van der Waals surface area contributed by atoms with Crippen molar-refractivity contribution < 1.29 is 5.11 Å². The zero-order valence-electron chi connectivity index (χ0n) is 10.2. The Morgan fingerprint density at radius 2 is 2.12 bits per heavy atom. The molecule has 0 fully saturated rings. The van der Waals surface area contributed by atoms with Gasteiger partial charge in [0.1, 0.15) is 6.07 Å². The topological polar surface area (TPSA) is 73.3 Å². The predicted octanol–water partition coefficient (Wildman–Crippen LogP) is 1.74. The van der Waals surface area contributed by atoms with Crippen molar-refractivity contribution in [2.75, 3.05) is 30.8 Å². The molecule has 0 amide bonds. The molecule has 0 aliphatic heterocycles. The van der Waals surface area contributed by atoms with Crippen LogP contribution in [-0.4, -0.2) is 25.3 Å². The average molecular weight is 233 g/mol. The fourth-order valence-electron chi connectivity index (χ4n) is 1.73. The first kappa shape index (κ1) is 13.3. The van der Waals surface area contributed by atoms with Gasteiger partial charge < -0.3 is 15.7 Å². The van der Waals surface area contributed by atoms with Crippen LogP contribution < -0.4 is 10.6 Å². The molecule has 0 radical (unpaired) electrons. The second kappa shape index (κ2) is 6.77. The minimum absolute atomic E-state index is 0.245. The highest BCUT2D eigenvalue weighted by molar-refractivity contribution is 5.63. The highest BCUT2D eigenvalue weighted by Crippen LogP contribution is 2.21. The molecule has 0 bridgehead atoms. The normalized spacial score (nSPS) is 9.94. The number of nitriles is 1. The first-order valence-corrected chi connectivity index (χ1v) is 5.80. The molecule has 0 atom stereocenters. The summed E-state index contributed by atoms with van der Waals surface area (Å²) in [5.74, 6) is 0. The molecule has 4 heteroatoms. The van der Waals surface area contributed by atoms with Gasteiger partial charge in [-0.3, -0.25) is 0 Å². The Morgan fingerprint density at radius 1 is 1.35 bits per heavy atom. The van der Waals surface area contributed by atoms with Gasteiger partial charge in [0.2, 0.25) is 0 Å². The summed E-state index contributed by atoms with van der Waals surface area (Å²) in [5.41, 5.74) is 7.77. The number of rotatable bonds is 6. The first-order valence-electron chi connectivity index (χ1n) is 5.80. The van der Waals surface area contributed by atoms with Crippen molar-refractivity contribution in [3.8, 4) is 6.07 Å². The van der Waals surface area contributed by atoms with Crippen molar-refractivity contribution in [1.82, 2.24) is 0 Å². The lowest BCUT2D eigenvalue weighted by Crippen LogP contribution is -2.19. The second-order valence-electron chi connectivity index (χ2n) is 4.09. The molecule has 92 valence electrons. The Bertz CT molecular complexity index is 398. The van der Waals surface area contributed by atoms with Crippen molar-refractivity contribution >= 4 is 11.4 Å². The van der Waals surface area contributed by atoms with Gasteiger partial charge in [-0.2, -0.15) is 5.26 Å². The van der Waals surface area contributed by atoms with Gasteiger partial charge in [0.05, 0.1) is 11.3 Å². The molecule has 0 heterocycles. The fraction of sp³-hybridized carbons (Fsp3) is 0.462. The van der Waals surface area contributed by atoms with Crippen LogP contribution in [0.2, 0.25) is 0 Å². The monoisotopic (exact) mass is 233 g/mol. The molecule has 0 aliphatic carbocycles. The van der Waals surface area contributed by atoms with Gasteiger partial charge in [-0.1, -0.05) is 0 Å². The van der Waals surface area contributed by atoms with E-state index in [1.54, 1.807) is 12.1 Å². The fourth-order valence-corrected chi connectivity index (χ4v) is 1.73. The van der Waals surface area contributed by atoms with Crippen LogP contribution in [0, 0.1) is 11.3 Å². The van der Waals surface area contributed by atoms with E-state index in [1.165, 1.54) is 0 Å². The third kappa shape index (κ3) is 3.97. The standard InChI is InChI=1S/C13H19N3O/c1-16(7-3-2-4-8-17)13-6-5-12(15)9-11(13)10-14/h5-6,9,17H,2-4,7-8,15H2,1H3. The number of unbranched alkanes of at least 4 members (excludes halogenated alkanes) is 2. The molecular weight excluding hydrogens is 214 g/mol. The van der Waals surface area contributed by atoms with Crippen LogP contribution in [0.3, 0.4) is 0 Å². The van der Waals surface area contributed by atoms with E-state index in [-0.39, 0.29) is 6.61 Å². The van der Waals surface area contributed by atoms with Crippen molar-refractivity contribution in [3.63, 3.8) is 0 Å². The average Bonchev–Trinajstić information content (AvgIpc) is 2.34. The molecule has 0 saturated carbocycles. The smallest absolute Gasteiger partial charge is 0.101 e. The quantitative estimate of drug-likeness (QED) is 0.580. The molecule has 0 aliphatic rings. The number of benzene rings is 1. The molecule has 4 nitrogen and oxygen atoms in total. The maximum Gasteiger partial charge on any atom is 0.101 e. The van der Waals surface area contributed by atoms with Crippen LogP contribution in [0.5, 0.6) is 0 Å². The molecule has 0 aromatic heterocycles. The summed E-state index contributed by atoms with van der Waals surface area (Å²) in [4.78, 5) is 2.05. The summed E-state index contributed by atoms with van der Waals surface area (Å²) in [6.07, 6.45) is 2.84. The molecule has 1 aromatic carbocycles. The number of anilines is 2. The Balaban J connectivity index is 2.62. The van der Waals surface area contributed by atoms with Gasteiger partial charge in [-0.05, 0) is 37.5 Å². The Hall–Kier alpha value is -1.73. The molecule has 0 unspecified atom stereocenters. The highest BCUT2D eigenvalue weighted by atomic mass is 16.2. The van der Waals surface area contributed by atoms with Gasteiger partial charge >= 0.3 is 0 Å². The zero-order chi connectivity index (χ0) is 12.7. The minimum Gasteiger partial charge on any atom is -0.399 e. The highest BCUT2D eigenvalue weighted by Gasteiger charge is 2.07. The molecular formula is C13H19N3O. The van der Waals surface area contributed by atoms with E-state index in [4.69, 9.17) is 16.1 Å².